The number of ether oxygens (including phenoxy) is 1. The highest BCUT2D eigenvalue weighted by Gasteiger charge is 2.26. The molecule has 20 heavy (non-hydrogen) atoms. The molecule has 2 rings (SSSR count). The van der Waals surface area contributed by atoms with Gasteiger partial charge in [0.15, 0.2) is 0 Å². The van der Waals surface area contributed by atoms with E-state index >= 15 is 0 Å². The number of carbonyl (C=O) groups is 1. The van der Waals surface area contributed by atoms with E-state index in [0.717, 1.165) is 22.5 Å². The Morgan fingerprint density at radius 3 is 2.60 bits per heavy atom. The van der Waals surface area contributed by atoms with Crippen LogP contribution in [0.3, 0.4) is 0 Å². The molecule has 2 N–H and O–H groups in total. The Morgan fingerprint density at radius 2 is 2.05 bits per heavy atom. The zero-order chi connectivity index (χ0) is 14.5. The Morgan fingerprint density at radius 1 is 1.35 bits per heavy atom. The molecule has 0 bridgehead atoms. The topological polar surface area (TPSA) is 67.0 Å². The number of aromatic nitrogens is 2. The van der Waals surface area contributed by atoms with Gasteiger partial charge in [-0.1, -0.05) is 30.3 Å². The summed E-state index contributed by atoms with van der Waals surface area (Å²) in [6.45, 7) is 4.36. The molecule has 5 heteroatoms. The molecule has 1 aromatic carbocycles. The number of hydrogen-bond donors (Lipinski definition) is 2. The second-order valence-corrected chi connectivity index (χ2v) is 4.67. The molecule has 5 nitrogen and oxygen atoms in total. The van der Waals surface area contributed by atoms with Gasteiger partial charge >= 0.3 is 5.97 Å². The van der Waals surface area contributed by atoms with Crippen molar-refractivity contribution in [2.75, 3.05) is 7.11 Å². The third-order valence-electron chi connectivity index (χ3n) is 3.26. The highest BCUT2D eigenvalue weighted by Crippen LogP contribution is 2.21. The standard InChI is InChI=1S/C15H19N3O2/c1-10-13(11(2)18-17-10)14(15(19)20-3)16-9-12-7-5-4-6-8-12/h4-8,14,16H,9H2,1-3H3,(H,17,18). The zero-order valence-corrected chi connectivity index (χ0v) is 11.9. The van der Waals surface area contributed by atoms with Crippen LogP contribution >= 0.6 is 0 Å². The summed E-state index contributed by atoms with van der Waals surface area (Å²) < 4.78 is 4.89. The maximum Gasteiger partial charge on any atom is 0.327 e. The second kappa shape index (κ2) is 6.34. The van der Waals surface area contributed by atoms with Crippen LogP contribution in [0.15, 0.2) is 30.3 Å². The van der Waals surface area contributed by atoms with Gasteiger partial charge in [-0.25, -0.2) is 4.79 Å². The number of nitrogens with zero attached hydrogens (tertiary/aromatic N) is 1. The van der Waals surface area contributed by atoms with Crippen molar-refractivity contribution in [1.82, 2.24) is 15.5 Å². The number of rotatable bonds is 5. The first-order valence-corrected chi connectivity index (χ1v) is 6.50. The lowest BCUT2D eigenvalue weighted by Crippen LogP contribution is -2.30. The highest BCUT2D eigenvalue weighted by molar-refractivity contribution is 5.78. The number of aromatic amines is 1. The van der Waals surface area contributed by atoms with Crippen molar-refractivity contribution < 1.29 is 9.53 Å². The summed E-state index contributed by atoms with van der Waals surface area (Å²) in [7, 11) is 1.39. The van der Waals surface area contributed by atoms with Crippen LogP contribution < -0.4 is 5.32 Å². The van der Waals surface area contributed by atoms with Gasteiger partial charge in [-0.3, -0.25) is 10.4 Å². The van der Waals surface area contributed by atoms with E-state index in [1.165, 1.54) is 7.11 Å². The smallest absolute Gasteiger partial charge is 0.327 e. The van der Waals surface area contributed by atoms with Gasteiger partial charge in [-0.15, -0.1) is 0 Å². The van der Waals surface area contributed by atoms with Gasteiger partial charge in [-0.2, -0.15) is 5.10 Å². The lowest BCUT2D eigenvalue weighted by Gasteiger charge is -2.17. The van der Waals surface area contributed by atoms with Crippen molar-refractivity contribution in [1.29, 1.82) is 0 Å². The molecular weight excluding hydrogens is 254 g/mol. The van der Waals surface area contributed by atoms with Crippen molar-refractivity contribution in [3.05, 3.63) is 52.8 Å². The number of H-pyrrole nitrogens is 1. The van der Waals surface area contributed by atoms with Crippen molar-refractivity contribution in [2.24, 2.45) is 0 Å². The number of hydrogen-bond acceptors (Lipinski definition) is 4. The number of nitrogens with one attached hydrogen (secondary N) is 2. The van der Waals surface area contributed by atoms with Crippen LogP contribution in [0.4, 0.5) is 0 Å². The van der Waals surface area contributed by atoms with Crippen molar-refractivity contribution in [2.45, 2.75) is 26.4 Å². The summed E-state index contributed by atoms with van der Waals surface area (Å²) in [6.07, 6.45) is 0. The van der Waals surface area contributed by atoms with Crippen LogP contribution in [0.2, 0.25) is 0 Å². The summed E-state index contributed by atoms with van der Waals surface area (Å²) in [5, 5.41) is 10.3. The first-order chi connectivity index (χ1) is 9.63. The van der Waals surface area contributed by atoms with Gasteiger partial charge in [0.05, 0.1) is 12.8 Å². The molecule has 0 saturated carbocycles. The number of methoxy groups -OCH3 is 1. The van der Waals surface area contributed by atoms with E-state index in [9.17, 15) is 4.79 Å². The van der Waals surface area contributed by atoms with Crippen molar-refractivity contribution in [3.8, 4) is 0 Å². The maximum atomic E-state index is 12.0. The lowest BCUT2D eigenvalue weighted by molar-refractivity contribution is -0.143. The molecule has 0 amide bonds. The van der Waals surface area contributed by atoms with Gasteiger partial charge in [0, 0.05) is 17.8 Å². The average molecular weight is 273 g/mol. The Labute approximate surface area is 118 Å². The molecule has 1 heterocycles. The van der Waals surface area contributed by atoms with E-state index in [0.29, 0.717) is 6.54 Å². The van der Waals surface area contributed by atoms with Gasteiger partial charge in [0.1, 0.15) is 6.04 Å². The summed E-state index contributed by atoms with van der Waals surface area (Å²) in [5.74, 6) is -0.312. The SMILES string of the molecule is COC(=O)C(NCc1ccccc1)c1c(C)n[nH]c1C. The summed E-state index contributed by atoms with van der Waals surface area (Å²) in [5.41, 5.74) is 3.64. The van der Waals surface area contributed by atoms with E-state index in [1.807, 2.05) is 44.2 Å². The molecule has 0 fully saturated rings. The Balaban J connectivity index is 2.19. The minimum absolute atomic E-state index is 0.312. The normalized spacial score (nSPS) is 12.2. The zero-order valence-electron chi connectivity index (χ0n) is 11.9. The molecule has 1 atom stereocenters. The molecule has 0 aliphatic rings. The quantitative estimate of drug-likeness (QED) is 0.818. The first-order valence-electron chi connectivity index (χ1n) is 6.50. The van der Waals surface area contributed by atoms with E-state index < -0.39 is 6.04 Å². The molecule has 106 valence electrons. The molecule has 2 aromatic rings. The molecule has 0 spiro atoms. The van der Waals surface area contributed by atoms with Crippen LogP contribution in [0.25, 0.3) is 0 Å². The Bertz CT molecular complexity index is 559. The lowest BCUT2D eigenvalue weighted by atomic mass is 10.0. The van der Waals surface area contributed by atoms with Gasteiger partial charge in [-0.05, 0) is 19.4 Å². The minimum Gasteiger partial charge on any atom is -0.468 e. The molecule has 0 radical (unpaired) electrons. The second-order valence-electron chi connectivity index (χ2n) is 4.67. The molecule has 1 unspecified atom stereocenters. The van der Waals surface area contributed by atoms with E-state index in [4.69, 9.17) is 4.74 Å². The van der Waals surface area contributed by atoms with Crippen LogP contribution in [-0.2, 0) is 16.1 Å². The highest BCUT2D eigenvalue weighted by atomic mass is 16.5. The van der Waals surface area contributed by atoms with E-state index in [-0.39, 0.29) is 5.97 Å². The monoisotopic (exact) mass is 273 g/mol. The Hall–Kier alpha value is -2.14. The summed E-state index contributed by atoms with van der Waals surface area (Å²) in [6, 6.07) is 9.41. The first kappa shape index (κ1) is 14.3. The van der Waals surface area contributed by atoms with Crippen molar-refractivity contribution >= 4 is 5.97 Å². The van der Waals surface area contributed by atoms with Crippen LogP contribution in [0, 0.1) is 13.8 Å². The summed E-state index contributed by atoms with van der Waals surface area (Å²) in [4.78, 5) is 12.0. The Kier molecular flexibility index (Phi) is 4.53. The number of benzene rings is 1. The summed E-state index contributed by atoms with van der Waals surface area (Å²) >= 11 is 0. The van der Waals surface area contributed by atoms with E-state index in [2.05, 4.69) is 15.5 Å². The van der Waals surface area contributed by atoms with Crippen molar-refractivity contribution in [3.63, 3.8) is 0 Å². The van der Waals surface area contributed by atoms with Gasteiger partial charge in [0.2, 0.25) is 0 Å². The third-order valence-corrected chi connectivity index (χ3v) is 3.26. The van der Waals surface area contributed by atoms with Gasteiger partial charge < -0.3 is 4.74 Å². The number of esters is 1. The van der Waals surface area contributed by atoms with E-state index in [1.54, 1.807) is 0 Å². The van der Waals surface area contributed by atoms with Crippen LogP contribution in [0.1, 0.15) is 28.6 Å². The largest absolute Gasteiger partial charge is 0.468 e. The molecule has 1 aromatic heterocycles. The predicted molar refractivity (Wildman–Crippen MR) is 76.1 cm³/mol. The van der Waals surface area contributed by atoms with Gasteiger partial charge in [0.25, 0.3) is 0 Å². The fraction of sp³-hybridized carbons (Fsp3) is 0.333. The molecule has 0 saturated heterocycles. The molecular formula is C15H19N3O2. The third kappa shape index (κ3) is 3.05. The molecule has 0 aliphatic carbocycles. The minimum atomic E-state index is -0.515. The van der Waals surface area contributed by atoms with Crippen LogP contribution in [0.5, 0.6) is 0 Å². The predicted octanol–water partition coefficient (Wildman–Crippen LogP) is 2.03. The number of aryl methyl sites for hydroxylation is 2. The maximum absolute atomic E-state index is 12.0. The fourth-order valence-corrected chi connectivity index (χ4v) is 2.22. The fourth-order valence-electron chi connectivity index (χ4n) is 2.22. The van der Waals surface area contributed by atoms with Crippen LogP contribution in [-0.4, -0.2) is 23.3 Å². The number of carbonyl (C=O) groups excluding carboxylic acids is 1. The molecule has 0 aliphatic heterocycles. The average Bonchev–Trinajstić information content (AvgIpc) is 2.80.